The summed E-state index contributed by atoms with van der Waals surface area (Å²) in [5.41, 5.74) is 3.09. The number of halogens is 3. The Labute approximate surface area is 341 Å². The Balaban J connectivity index is 0.000000281. The quantitative estimate of drug-likeness (QED) is 0.0709. The third-order valence-corrected chi connectivity index (χ3v) is 7.77. The standard InChI is InChI=1S/C19H20F3N4.C18H11N3O6.CHNS.Ru/c1-4-26-14(9-12(2)3)6-8-17(26)13-5-7-15(23-11-13)16-10-18(25-24-16)19(20,21)22;22-16(23)9-1-3-19-12(5-9)14-7-11(18(26)27)8-15(21-14)13-6-10(17(24)25)2-4-20-13;2-1-3;/h5-8,10-12H,4,9H2,1-3H3;1-8H,(H,22,23)(H,24,25)(H,26,27);3H;/q-1;;;+2/p-1. The molecular weight excluding hydrogens is 855 g/mol. The molecule has 0 atom stereocenters. The summed E-state index contributed by atoms with van der Waals surface area (Å²) in [5, 5.41) is 42.8. The van der Waals surface area contributed by atoms with Gasteiger partial charge < -0.3 is 42.7 Å². The van der Waals surface area contributed by atoms with Crippen LogP contribution >= 0.6 is 0 Å². The van der Waals surface area contributed by atoms with Gasteiger partial charge in [0.25, 0.3) is 0 Å². The van der Waals surface area contributed by atoms with Crippen LogP contribution in [0.3, 0.4) is 0 Å². The second-order valence-electron chi connectivity index (χ2n) is 12.1. The Morgan fingerprint density at radius 2 is 1.33 bits per heavy atom. The summed E-state index contributed by atoms with van der Waals surface area (Å²) in [5.74, 6) is -3.00. The zero-order chi connectivity index (χ0) is 41.2. The van der Waals surface area contributed by atoms with Gasteiger partial charge in [-0.05, 0) is 86.0 Å². The normalized spacial score (nSPS) is 10.6. The molecule has 0 spiro atoms. The summed E-state index contributed by atoms with van der Waals surface area (Å²) in [6.45, 7) is 7.29. The van der Waals surface area contributed by atoms with Gasteiger partial charge in [-0.25, -0.2) is 24.6 Å². The van der Waals surface area contributed by atoms with E-state index in [1.807, 2.05) is 6.07 Å². The van der Waals surface area contributed by atoms with Crippen molar-refractivity contribution in [2.24, 2.45) is 5.92 Å². The first-order chi connectivity index (χ1) is 26.6. The Morgan fingerprint density at radius 1 is 0.807 bits per heavy atom. The van der Waals surface area contributed by atoms with Crippen LogP contribution in [-0.4, -0.2) is 62.8 Å². The van der Waals surface area contributed by atoms with Crippen molar-refractivity contribution in [3.8, 4) is 50.8 Å². The Kier molecular flexibility index (Phi) is 15.8. The Morgan fingerprint density at radius 3 is 1.75 bits per heavy atom. The fraction of sp³-hybridized carbons (Fsp3) is 0.184. The van der Waals surface area contributed by atoms with Crippen LogP contribution in [0.5, 0.6) is 0 Å². The number of aromatic nitrogens is 7. The summed E-state index contributed by atoms with van der Waals surface area (Å²) in [4.78, 5) is 50.4. The monoisotopic (exact) mass is 886 g/mol. The van der Waals surface area contributed by atoms with Gasteiger partial charge >= 0.3 is 43.6 Å². The first-order valence-electron chi connectivity index (χ1n) is 16.4. The van der Waals surface area contributed by atoms with E-state index in [-0.39, 0.29) is 64.6 Å². The van der Waals surface area contributed by atoms with E-state index < -0.39 is 29.8 Å². The zero-order valence-electron chi connectivity index (χ0n) is 30.1. The molecule has 0 fully saturated rings. The maximum absolute atomic E-state index is 12.7. The Hall–Kier alpha value is -6.38. The number of thiocyanates is 1. The first-order valence-corrected chi connectivity index (χ1v) is 16.9. The maximum atomic E-state index is 12.7. The van der Waals surface area contributed by atoms with Crippen molar-refractivity contribution in [2.75, 3.05) is 0 Å². The number of aromatic carboxylic acids is 3. The second kappa shape index (κ2) is 20.0. The number of rotatable bonds is 10. The predicted molar refractivity (Wildman–Crippen MR) is 198 cm³/mol. The topological polar surface area (TPSA) is 219 Å². The van der Waals surface area contributed by atoms with Gasteiger partial charge in [0, 0.05) is 47.8 Å². The SMILES string of the molecule is CCn1c(CC(C)C)ccc1-c1ccc(-c2cc(C(F)(F)F)n[n-]2)nc1.N#C[S-].O=C(O)c1ccnc(-c2cc(C(=O)O)cc(-c3cc(C(=O)O)ccn3)n2)c1.[Ru+2]. The molecule has 14 nitrogen and oxygen atoms in total. The largest absolute Gasteiger partial charge is 2.00 e. The molecule has 0 aliphatic carbocycles. The van der Waals surface area contributed by atoms with Gasteiger partial charge in [-0.1, -0.05) is 24.9 Å². The molecule has 6 aromatic rings. The average Bonchev–Trinajstić information content (AvgIpc) is 3.83. The molecule has 0 unspecified atom stereocenters. The minimum Gasteiger partial charge on any atom is -0.696 e. The number of hydrogen-bond acceptors (Lipinski definition) is 10. The molecule has 0 saturated carbocycles. The van der Waals surface area contributed by atoms with E-state index in [1.165, 1.54) is 59.9 Å². The van der Waals surface area contributed by atoms with Crippen LogP contribution in [0.2, 0.25) is 0 Å². The number of hydrogen-bond donors (Lipinski definition) is 3. The summed E-state index contributed by atoms with van der Waals surface area (Å²) in [7, 11) is 0. The van der Waals surface area contributed by atoms with Gasteiger partial charge in [-0.3, -0.25) is 15.0 Å². The molecule has 0 saturated heterocycles. The second-order valence-corrected chi connectivity index (χ2v) is 12.3. The number of nitriles is 1. The zero-order valence-corrected chi connectivity index (χ0v) is 32.7. The molecule has 0 aliphatic heterocycles. The van der Waals surface area contributed by atoms with Crippen LogP contribution in [0.1, 0.15) is 63.2 Å². The fourth-order valence-corrected chi connectivity index (χ4v) is 5.31. The molecule has 6 aromatic heterocycles. The van der Waals surface area contributed by atoms with Crippen molar-refractivity contribution in [2.45, 2.75) is 39.9 Å². The number of carboxylic acid groups (broad SMARTS) is 3. The van der Waals surface area contributed by atoms with Crippen molar-refractivity contribution >= 4 is 30.5 Å². The molecule has 0 aliphatic rings. The minimum absolute atomic E-state index is 0. The fourth-order valence-electron chi connectivity index (χ4n) is 5.31. The number of pyridine rings is 4. The van der Waals surface area contributed by atoms with E-state index in [0.29, 0.717) is 11.6 Å². The molecule has 3 N–H and O–H groups in total. The van der Waals surface area contributed by atoms with Crippen molar-refractivity contribution < 1.29 is 62.4 Å². The molecule has 0 aromatic carbocycles. The van der Waals surface area contributed by atoms with E-state index in [4.69, 9.17) is 15.5 Å². The summed E-state index contributed by atoms with van der Waals surface area (Å²) >= 11 is 3.70. The molecule has 6 heterocycles. The van der Waals surface area contributed by atoms with Crippen LogP contribution in [0.15, 0.2) is 85.3 Å². The molecule has 6 rings (SSSR count). The van der Waals surface area contributed by atoms with Crippen LogP contribution in [0.4, 0.5) is 13.2 Å². The molecule has 294 valence electrons. The van der Waals surface area contributed by atoms with Crippen LogP contribution in [0.25, 0.3) is 45.4 Å². The van der Waals surface area contributed by atoms with Crippen LogP contribution in [0, 0.1) is 16.6 Å². The molecule has 0 radical (unpaired) electrons. The number of carboxylic acids is 3. The smallest absolute Gasteiger partial charge is 0.696 e. The summed E-state index contributed by atoms with van der Waals surface area (Å²) in [6, 6.07) is 16.2. The van der Waals surface area contributed by atoms with E-state index in [2.05, 4.69) is 80.2 Å². The van der Waals surface area contributed by atoms with E-state index in [9.17, 15) is 32.7 Å². The molecule has 0 bridgehead atoms. The number of alkyl halides is 3. The van der Waals surface area contributed by atoms with Gasteiger partial charge in [-0.15, -0.1) is 0 Å². The summed E-state index contributed by atoms with van der Waals surface area (Å²) in [6.07, 6.45) is 0.703. The molecule has 57 heavy (non-hydrogen) atoms. The van der Waals surface area contributed by atoms with Gasteiger partial charge in [0.05, 0.1) is 39.5 Å². The third kappa shape index (κ3) is 11.8. The van der Waals surface area contributed by atoms with Crippen molar-refractivity contribution in [3.05, 3.63) is 113 Å². The van der Waals surface area contributed by atoms with Gasteiger partial charge in [0.2, 0.25) is 0 Å². The van der Waals surface area contributed by atoms with Crippen LogP contribution < -0.4 is 5.10 Å². The Bertz CT molecular complexity index is 2320. The summed E-state index contributed by atoms with van der Waals surface area (Å²) < 4.78 is 40.2. The van der Waals surface area contributed by atoms with E-state index >= 15 is 0 Å². The van der Waals surface area contributed by atoms with Crippen LogP contribution in [-0.2, 0) is 51.2 Å². The molecular formula is C38H31F3N8O6RuS. The first kappa shape index (κ1) is 45.0. The van der Waals surface area contributed by atoms with E-state index in [0.717, 1.165) is 30.3 Å². The molecule has 0 amide bonds. The maximum Gasteiger partial charge on any atom is 2.00 e. The average molecular weight is 886 g/mol. The predicted octanol–water partition coefficient (Wildman–Crippen LogP) is 7.12. The van der Waals surface area contributed by atoms with Gasteiger partial charge in [0.1, 0.15) is 5.69 Å². The van der Waals surface area contributed by atoms with Crippen molar-refractivity contribution in [1.29, 1.82) is 5.26 Å². The van der Waals surface area contributed by atoms with Gasteiger partial charge in [0.15, 0.2) is 0 Å². The van der Waals surface area contributed by atoms with Crippen molar-refractivity contribution in [3.63, 3.8) is 0 Å². The number of carbonyl (C=O) groups is 3. The minimum atomic E-state index is -4.50. The van der Waals surface area contributed by atoms with E-state index in [1.54, 1.807) is 12.3 Å². The number of nitrogens with zero attached hydrogens (tertiary/aromatic N) is 8. The van der Waals surface area contributed by atoms with Crippen molar-refractivity contribution in [1.82, 2.24) is 34.7 Å². The third-order valence-electron chi connectivity index (χ3n) is 7.77. The molecule has 19 heteroatoms. The van der Waals surface area contributed by atoms with Gasteiger partial charge in [-0.2, -0.15) is 13.2 Å².